The molecule has 112 valence electrons. The fourth-order valence-electron chi connectivity index (χ4n) is 4.87. The van der Waals surface area contributed by atoms with Crippen LogP contribution in [-0.2, 0) is 14.4 Å². The summed E-state index contributed by atoms with van der Waals surface area (Å²) in [5.74, 6) is -0.845. The molecule has 0 unspecified atom stereocenters. The molecule has 2 saturated carbocycles. The van der Waals surface area contributed by atoms with Gasteiger partial charge in [0.15, 0.2) is 0 Å². The predicted molar refractivity (Wildman–Crippen MR) is 73.0 cm³/mol. The summed E-state index contributed by atoms with van der Waals surface area (Å²) in [6, 6.07) is -0.0781. The summed E-state index contributed by atoms with van der Waals surface area (Å²) in [5, 5.41) is 9.05. The molecule has 0 spiro atoms. The second-order valence-corrected chi connectivity index (χ2v) is 6.89. The Morgan fingerprint density at radius 2 is 1.52 bits per heavy atom. The van der Waals surface area contributed by atoms with Crippen LogP contribution < -0.4 is 0 Å². The normalized spacial score (nSPS) is 44.5. The molecule has 2 bridgehead atoms. The number of hydrogen-bond donors (Lipinski definition) is 1. The molecule has 3 fully saturated rings. The Bertz CT molecular complexity index is 516. The van der Waals surface area contributed by atoms with Gasteiger partial charge in [-0.2, -0.15) is 0 Å². The van der Waals surface area contributed by atoms with Crippen LogP contribution >= 0.6 is 0 Å². The van der Waals surface area contributed by atoms with Crippen molar-refractivity contribution < 1.29 is 19.5 Å². The largest absolute Gasteiger partial charge is 0.481 e. The van der Waals surface area contributed by atoms with Crippen molar-refractivity contribution in [2.45, 2.75) is 38.1 Å². The zero-order valence-corrected chi connectivity index (χ0v) is 11.8. The summed E-state index contributed by atoms with van der Waals surface area (Å²) in [5.41, 5.74) is 0. The fourth-order valence-corrected chi connectivity index (χ4v) is 4.87. The molecular formula is C16H19NO4. The molecule has 0 radical (unpaired) electrons. The van der Waals surface area contributed by atoms with Gasteiger partial charge in [0.25, 0.3) is 0 Å². The molecule has 3 aliphatic carbocycles. The van der Waals surface area contributed by atoms with Gasteiger partial charge in [-0.1, -0.05) is 12.2 Å². The molecule has 1 heterocycles. The molecule has 21 heavy (non-hydrogen) atoms. The van der Waals surface area contributed by atoms with Gasteiger partial charge >= 0.3 is 5.97 Å². The molecule has 2 amide bonds. The second kappa shape index (κ2) is 4.42. The number of amides is 2. The number of rotatable bonds is 2. The van der Waals surface area contributed by atoms with E-state index in [2.05, 4.69) is 12.2 Å². The van der Waals surface area contributed by atoms with Crippen LogP contribution in [0.15, 0.2) is 12.2 Å². The number of carbonyl (C=O) groups excluding carboxylic acids is 2. The first-order valence-corrected chi connectivity index (χ1v) is 7.86. The summed E-state index contributed by atoms with van der Waals surface area (Å²) in [6.45, 7) is 0. The maximum atomic E-state index is 12.7. The number of nitrogens with zero attached hydrogens (tertiary/aromatic N) is 1. The fraction of sp³-hybridized carbons (Fsp3) is 0.688. The monoisotopic (exact) mass is 289 g/mol. The number of aliphatic carboxylic acids is 1. The van der Waals surface area contributed by atoms with Crippen LogP contribution in [0.3, 0.4) is 0 Å². The van der Waals surface area contributed by atoms with Crippen molar-refractivity contribution in [3.8, 4) is 0 Å². The first-order chi connectivity index (χ1) is 10.1. The molecule has 1 saturated heterocycles. The predicted octanol–water partition coefficient (Wildman–Crippen LogP) is 1.44. The molecule has 1 aliphatic heterocycles. The van der Waals surface area contributed by atoms with Crippen LogP contribution in [0.2, 0.25) is 0 Å². The third-order valence-corrected chi connectivity index (χ3v) is 5.92. The molecule has 0 aromatic heterocycles. The summed E-state index contributed by atoms with van der Waals surface area (Å²) in [7, 11) is 0. The smallest absolute Gasteiger partial charge is 0.306 e. The van der Waals surface area contributed by atoms with E-state index in [0.29, 0.717) is 25.7 Å². The Hall–Kier alpha value is -1.65. The Balaban J connectivity index is 1.51. The minimum atomic E-state index is -0.758. The standard InChI is InChI=1S/C16H19NO4/c18-14-12-9-1-2-10(7-9)13(12)15(19)17(14)11-5-3-8(4-6-11)16(20)21/h1-2,8-13H,3-7H2,(H,20,21)/t8?,9-,10-,11?,12+,13+/m1/s1. The summed E-state index contributed by atoms with van der Waals surface area (Å²) < 4.78 is 0. The van der Waals surface area contributed by atoms with Crippen molar-refractivity contribution in [3.63, 3.8) is 0 Å². The van der Waals surface area contributed by atoms with Crippen molar-refractivity contribution in [1.82, 2.24) is 4.90 Å². The number of fused-ring (bicyclic) bond motifs is 5. The summed E-state index contributed by atoms with van der Waals surface area (Å²) in [4.78, 5) is 37.8. The molecule has 4 atom stereocenters. The van der Waals surface area contributed by atoms with Gasteiger partial charge in [0.1, 0.15) is 0 Å². The third kappa shape index (κ3) is 1.72. The molecular weight excluding hydrogens is 270 g/mol. The maximum Gasteiger partial charge on any atom is 0.306 e. The molecule has 4 aliphatic rings. The number of carbonyl (C=O) groups is 3. The average molecular weight is 289 g/mol. The highest BCUT2D eigenvalue weighted by molar-refractivity contribution is 6.06. The highest BCUT2D eigenvalue weighted by Crippen LogP contribution is 2.53. The van der Waals surface area contributed by atoms with E-state index in [4.69, 9.17) is 5.11 Å². The van der Waals surface area contributed by atoms with Crippen LogP contribution in [0.1, 0.15) is 32.1 Å². The summed E-state index contributed by atoms with van der Waals surface area (Å²) in [6.07, 6.45) is 7.55. The molecule has 5 heteroatoms. The molecule has 5 nitrogen and oxygen atoms in total. The van der Waals surface area contributed by atoms with E-state index in [0.717, 1.165) is 6.42 Å². The van der Waals surface area contributed by atoms with Gasteiger partial charge in [0, 0.05) is 6.04 Å². The lowest BCUT2D eigenvalue weighted by Gasteiger charge is -2.32. The first kappa shape index (κ1) is 13.0. The second-order valence-electron chi connectivity index (χ2n) is 6.89. The van der Waals surface area contributed by atoms with Gasteiger partial charge in [-0.15, -0.1) is 0 Å². The Kier molecular flexibility index (Phi) is 2.75. The number of imide groups is 1. The van der Waals surface area contributed by atoms with Crippen LogP contribution in [0.4, 0.5) is 0 Å². The minimum absolute atomic E-state index is 0.000579. The Morgan fingerprint density at radius 3 is 2.00 bits per heavy atom. The van der Waals surface area contributed by atoms with Gasteiger partial charge in [-0.25, -0.2) is 0 Å². The van der Waals surface area contributed by atoms with Crippen molar-refractivity contribution in [1.29, 1.82) is 0 Å². The highest BCUT2D eigenvalue weighted by atomic mass is 16.4. The first-order valence-electron chi connectivity index (χ1n) is 7.86. The SMILES string of the molecule is O=C(O)C1CCC(N2C(=O)[C@@H]3[C@@H](C2=O)[C@@H]2C=C[C@@H]3C2)CC1. The van der Waals surface area contributed by atoms with Crippen LogP contribution in [0.25, 0.3) is 0 Å². The lowest BCUT2D eigenvalue weighted by molar-refractivity contribution is -0.146. The van der Waals surface area contributed by atoms with E-state index < -0.39 is 5.97 Å². The summed E-state index contributed by atoms with van der Waals surface area (Å²) >= 11 is 0. The Morgan fingerprint density at radius 1 is 1.00 bits per heavy atom. The number of likely N-dealkylation sites (tertiary alicyclic amines) is 1. The van der Waals surface area contributed by atoms with Gasteiger partial charge in [-0.3, -0.25) is 19.3 Å². The lowest BCUT2D eigenvalue weighted by atomic mass is 9.85. The zero-order chi connectivity index (χ0) is 14.7. The minimum Gasteiger partial charge on any atom is -0.481 e. The van der Waals surface area contributed by atoms with Crippen molar-refractivity contribution in [2.75, 3.05) is 0 Å². The molecule has 4 rings (SSSR count). The van der Waals surface area contributed by atoms with E-state index in [1.807, 2.05) is 0 Å². The Labute approximate surface area is 123 Å². The molecule has 1 N–H and O–H groups in total. The van der Waals surface area contributed by atoms with Gasteiger partial charge in [-0.05, 0) is 43.9 Å². The average Bonchev–Trinajstić information content (AvgIpc) is 3.13. The van der Waals surface area contributed by atoms with E-state index in [1.165, 1.54) is 4.90 Å². The van der Waals surface area contributed by atoms with Gasteiger partial charge in [0.05, 0.1) is 17.8 Å². The van der Waals surface area contributed by atoms with Crippen molar-refractivity contribution in [3.05, 3.63) is 12.2 Å². The van der Waals surface area contributed by atoms with E-state index in [9.17, 15) is 14.4 Å². The van der Waals surface area contributed by atoms with Crippen LogP contribution in [0, 0.1) is 29.6 Å². The van der Waals surface area contributed by atoms with Gasteiger partial charge in [0.2, 0.25) is 11.8 Å². The number of carboxylic acids is 1. The van der Waals surface area contributed by atoms with E-state index in [1.54, 1.807) is 0 Å². The van der Waals surface area contributed by atoms with Crippen LogP contribution in [-0.4, -0.2) is 33.8 Å². The third-order valence-electron chi connectivity index (χ3n) is 5.92. The lowest BCUT2D eigenvalue weighted by Crippen LogP contribution is -2.44. The number of allylic oxidation sites excluding steroid dienone is 2. The van der Waals surface area contributed by atoms with Gasteiger partial charge < -0.3 is 5.11 Å². The molecule has 0 aromatic rings. The van der Waals surface area contributed by atoms with Crippen molar-refractivity contribution in [2.24, 2.45) is 29.6 Å². The topological polar surface area (TPSA) is 74.7 Å². The number of carboxylic acid groups (broad SMARTS) is 1. The quantitative estimate of drug-likeness (QED) is 0.616. The van der Waals surface area contributed by atoms with E-state index in [-0.39, 0.29) is 47.4 Å². The maximum absolute atomic E-state index is 12.7. The van der Waals surface area contributed by atoms with E-state index >= 15 is 0 Å². The van der Waals surface area contributed by atoms with Crippen LogP contribution in [0.5, 0.6) is 0 Å². The molecule has 0 aromatic carbocycles. The highest BCUT2D eigenvalue weighted by Gasteiger charge is 2.60. The van der Waals surface area contributed by atoms with Crippen molar-refractivity contribution >= 4 is 17.8 Å². The number of hydrogen-bond acceptors (Lipinski definition) is 3. The zero-order valence-electron chi connectivity index (χ0n) is 11.8.